The second kappa shape index (κ2) is 9.52. The van der Waals surface area contributed by atoms with Crippen LogP contribution in [0.25, 0.3) is 0 Å². The van der Waals surface area contributed by atoms with Crippen molar-refractivity contribution < 1.29 is 4.79 Å². The average Bonchev–Trinajstić information content (AvgIpc) is 3.16. The molecule has 150 valence electrons. The summed E-state index contributed by atoms with van der Waals surface area (Å²) < 4.78 is 0. The highest BCUT2D eigenvalue weighted by atomic mass is 127. The number of nitrogens with two attached hydrogens (primary N) is 1. The molecular formula is C18H30IN7O. The first-order valence-corrected chi connectivity index (χ1v) is 9.30. The van der Waals surface area contributed by atoms with Crippen molar-refractivity contribution in [2.75, 3.05) is 51.7 Å². The number of piperazine rings is 1. The number of aliphatic imine (C=N–C) groups is 1. The summed E-state index contributed by atoms with van der Waals surface area (Å²) in [5.41, 5.74) is 5.88. The van der Waals surface area contributed by atoms with Crippen molar-refractivity contribution in [3.8, 4) is 0 Å². The average molecular weight is 487 g/mol. The summed E-state index contributed by atoms with van der Waals surface area (Å²) in [4.78, 5) is 31.8. The monoisotopic (exact) mass is 487 g/mol. The standard InChI is InChI=1S/C18H29N7O.HI/c1-23(2)15(26)18(6-3-4-7-18)14-22-16(19)24-10-12-25(13-11-24)17-20-8-5-9-21-17;/h5,8-9H,3-4,6-7,10-14H2,1-2H3,(H2,19,22);1H. The number of nitrogens with zero attached hydrogens (tertiary/aromatic N) is 6. The number of carbonyl (C=O) groups excluding carboxylic acids is 1. The van der Waals surface area contributed by atoms with Crippen molar-refractivity contribution in [2.24, 2.45) is 16.1 Å². The zero-order valence-electron chi connectivity index (χ0n) is 16.2. The lowest BCUT2D eigenvalue weighted by molar-refractivity contribution is -0.138. The lowest BCUT2D eigenvalue weighted by Crippen LogP contribution is -2.52. The number of halogens is 1. The maximum absolute atomic E-state index is 12.6. The van der Waals surface area contributed by atoms with Gasteiger partial charge in [-0.3, -0.25) is 9.79 Å². The molecule has 0 bridgehead atoms. The number of hydrogen-bond acceptors (Lipinski definition) is 5. The van der Waals surface area contributed by atoms with E-state index in [-0.39, 0.29) is 35.3 Å². The molecule has 2 aliphatic rings. The Balaban J connectivity index is 0.00000261. The van der Waals surface area contributed by atoms with E-state index in [1.165, 1.54) is 0 Å². The van der Waals surface area contributed by atoms with Gasteiger partial charge in [0.15, 0.2) is 5.96 Å². The summed E-state index contributed by atoms with van der Waals surface area (Å²) in [6.07, 6.45) is 7.50. The molecule has 1 saturated carbocycles. The molecule has 1 aliphatic heterocycles. The highest BCUT2D eigenvalue weighted by Gasteiger charge is 2.42. The van der Waals surface area contributed by atoms with Gasteiger partial charge in [-0.15, -0.1) is 24.0 Å². The van der Waals surface area contributed by atoms with E-state index >= 15 is 0 Å². The first-order valence-electron chi connectivity index (χ1n) is 9.30. The van der Waals surface area contributed by atoms with Crippen LogP contribution >= 0.6 is 24.0 Å². The summed E-state index contributed by atoms with van der Waals surface area (Å²) in [6.45, 7) is 3.66. The highest BCUT2D eigenvalue weighted by Crippen LogP contribution is 2.39. The second-order valence-electron chi connectivity index (χ2n) is 7.38. The number of aromatic nitrogens is 2. The van der Waals surface area contributed by atoms with E-state index in [0.717, 1.165) is 57.8 Å². The minimum Gasteiger partial charge on any atom is -0.370 e. The largest absolute Gasteiger partial charge is 0.370 e. The molecule has 0 aromatic carbocycles. The predicted octanol–water partition coefficient (Wildman–Crippen LogP) is 1.18. The molecule has 27 heavy (non-hydrogen) atoms. The third kappa shape index (κ3) is 4.99. The van der Waals surface area contributed by atoms with Gasteiger partial charge in [0, 0.05) is 52.7 Å². The van der Waals surface area contributed by atoms with Gasteiger partial charge in [-0.1, -0.05) is 12.8 Å². The summed E-state index contributed by atoms with van der Waals surface area (Å²) >= 11 is 0. The van der Waals surface area contributed by atoms with Crippen molar-refractivity contribution in [3.63, 3.8) is 0 Å². The Morgan fingerprint density at radius 3 is 2.33 bits per heavy atom. The Morgan fingerprint density at radius 2 is 1.78 bits per heavy atom. The maximum Gasteiger partial charge on any atom is 0.230 e. The van der Waals surface area contributed by atoms with E-state index in [1.54, 1.807) is 17.3 Å². The van der Waals surface area contributed by atoms with E-state index in [9.17, 15) is 4.79 Å². The van der Waals surface area contributed by atoms with Gasteiger partial charge < -0.3 is 20.4 Å². The van der Waals surface area contributed by atoms with Crippen LogP contribution in [0.2, 0.25) is 0 Å². The first-order chi connectivity index (χ1) is 12.5. The van der Waals surface area contributed by atoms with Crippen LogP contribution in [-0.2, 0) is 4.79 Å². The molecule has 9 heteroatoms. The third-order valence-electron chi connectivity index (χ3n) is 5.40. The van der Waals surface area contributed by atoms with Crippen molar-refractivity contribution in [2.45, 2.75) is 25.7 Å². The van der Waals surface area contributed by atoms with Gasteiger partial charge in [-0.05, 0) is 18.9 Å². The molecule has 0 spiro atoms. The SMILES string of the molecule is CN(C)C(=O)C1(CN=C(N)N2CCN(c3ncccn3)CC2)CCCC1.I. The molecule has 0 atom stereocenters. The van der Waals surface area contributed by atoms with E-state index in [2.05, 4.69) is 24.8 Å². The first kappa shape index (κ1) is 21.6. The van der Waals surface area contributed by atoms with E-state index in [0.29, 0.717) is 12.5 Å². The third-order valence-corrected chi connectivity index (χ3v) is 5.40. The maximum atomic E-state index is 12.6. The molecule has 2 fully saturated rings. The number of carbonyl (C=O) groups is 1. The minimum absolute atomic E-state index is 0. The van der Waals surface area contributed by atoms with Crippen molar-refractivity contribution in [1.82, 2.24) is 19.8 Å². The van der Waals surface area contributed by atoms with Crippen LogP contribution in [0.1, 0.15) is 25.7 Å². The topological polar surface area (TPSA) is 91.0 Å². The quantitative estimate of drug-likeness (QED) is 0.390. The zero-order valence-corrected chi connectivity index (χ0v) is 18.5. The van der Waals surface area contributed by atoms with Crippen LogP contribution in [0.3, 0.4) is 0 Å². The van der Waals surface area contributed by atoms with Crippen molar-refractivity contribution >= 4 is 41.8 Å². The van der Waals surface area contributed by atoms with E-state index in [4.69, 9.17) is 5.73 Å². The van der Waals surface area contributed by atoms with Gasteiger partial charge in [-0.25, -0.2) is 9.97 Å². The lowest BCUT2D eigenvalue weighted by atomic mass is 9.85. The molecule has 1 amide bonds. The Hall–Kier alpha value is -1.65. The fourth-order valence-electron chi connectivity index (χ4n) is 3.89. The molecular weight excluding hydrogens is 457 g/mol. The van der Waals surface area contributed by atoms with Crippen LogP contribution in [0.15, 0.2) is 23.5 Å². The second-order valence-corrected chi connectivity index (χ2v) is 7.38. The summed E-state index contributed by atoms with van der Waals surface area (Å²) in [7, 11) is 3.64. The molecule has 8 nitrogen and oxygen atoms in total. The van der Waals surface area contributed by atoms with E-state index in [1.807, 2.05) is 20.2 Å². The molecule has 1 aliphatic carbocycles. The van der Waals surface area contributed by atoms with Gasteiger partial charge in [-0.2, -0.15) is 0 Å². The van der Waals surface area contributed by atoms with E-state index < -0.39 is 0 Å². The van der Waals surface area contributed by atoms with Crippen molar-refractivity contribution in [3.05, 3.63) is 18.5 Å². The number of anilines is 1. The van der Waals surface area contributed by atoms with Gasteiger partial charge in [0.25, 0.3) is 0 Å². The van der Waals surface area contributed by atoms with Crippen molar-refractivity contribution in [1.29, 1.82) is 0 Å². The molecule has 0 radical (unpaired) electrons. The summed E-state index contributed by atoms with van der Waals surface area (Å²) in [5.74, 6) is 1.47. The molecule has 2 heterocycles. The normalized spacial score (nSPS) is 19.6. The van der Waals surface area contributed by atoms with Gasteiger partial charge in [0.1, 0.15) is 0 Å². The Labute approximate surface area is 178 Å². The number of amides is 1. The lowest BCUT2D eigenvalue weighted by Gasteiger charge is -2.35. The summed E-state index contributed by atoms with van der Waals surface area (Å²) in [6, 6.07) is 1.82. The fraction of sp³-hybridized carbons (Fsp3) is 0.667. The molecule has 2 N–H and O–H groups in total. The Morgan fingerprint density at radius 1 is 1.19 bits per heavy atom. The highest BCUT2D eigenvalue weighted by molar-refractivity contribution is 14.0. The molecule has 1 saturated heterocycles. The fourth-order valence-corrected chi connectivity index (χ4v) is 3.89. The van der Waals surface area contributed by atoms with Crippen LogP contribution in [-0.4, -0.2) is 78.5 Å². The summed E-state index contributed by atoms with van der Waals surface area (Å²) in [5, 5.41) is 0. The smallest absolute Gasteiger partial charge is 0.230 e. The minimum atomic E-state index is -0.367. The Kier molecular flexibility index (Phi) is 7.63. The zero-order chi connectivity index (χ0) is 18.6. The molecule has 0 unspecified atom stereocenters. The molecule has 1 aromatic heterocycles. The van der Waals surface area contributed by atoms with Gasteiger partial charge >= 0.3 is 0 Å². The van der Waals surface area contributed by atoms with Gasteiger partial charge in [0.05, 0.1) is 12.0 Å². The van der Waals surface area contributed by atoms with Crippen LogP contribution in [0.5, 0.6) is 0 Å². The van der Waals surface area contributed by atoms with Crippen LogP contribution < -0.4 is 10.6 Å². The Bertz CT molecular complexity index is 638. The number of guanidine groups is 1. The predicted molar refractivity (Wildman–Crippen MR) is 117 cm³/mol. The number of rotatable bonds is 4. The number of hydrogen-bond donors (Lipinski definition) is 1. The molecule has 1 aromatic rings. The molecule has 3 rings (SSSR count). The van der Waals surface area contributed by atoms with Crippen LogP contribution in [0.4, 0.5) is 5.95 Å². The van der Waals surface area contributed by atoms with Crippen LogP contribution in [0, 0.1) is 5.41 Å². The van der Waals surface area contributed by atoms with Gasteiger partial charge in [0.2, 0.25) is 11.9 Å².